The van der Waals surface area contributed by atoms with Crippen molar-refractivity contribution in [3.63, 3.8) is 0 Å². The fourth-order valence-electron chi connectivity index (χ4n) is 2.44. The van der Waals surface area contributed by atoms with Crippen molar-refractivity contribution < 1.29 is 9.53 Å². The predicted octanol–water partition coefficient (Wildman–Crippen LogP) is 5.02. The summed E-state index contributed by atoms with van der Waals surface area (Å²) in [6, 6.07) is 14.5. The lowest BCUT2D eigenvalue weighted by atomic mass is 10.2. The van der Waals surface area contributed by atoms with Crippen LogP contribution in [0.2, 0.25) is 5.02 Å². The van der Waals surface area contributed by atoms with Crippen LogP contribution in [0.25, 0.3) is 0 Å². The second kappa shape index (κ2) is 8.05. The Bertz CT molecular complexity index is 974. The Morgan fingerprint density at radius 2 is 1.67 bits per heavy atom. The van der Waals surface area contributed by atoms with Gasteiger partial charge in [-0.1, -0.05) is 17.7 Å². The van der Waals surface area contributed by atoms with Crippen LogP contribution >= 0.6 is 11.6 Å². The minimum Gasteiger partial charge on any atom is -0.465 e. The van der Waals surface area contributed by atoms with Gasteiger partial charge in [-0.25, -0.2) is 9.78 Å². The van der Waals surface area contributed by atoms with Crippen molar-refractivity contribution in [1.82, 2.24) is 9.97 Å². The van der Waals surface area contributed by atoms with Gasteiger partial charge in [0, 0.05) is 28.2 Å². The Morgan fingerprint density at radius 3 is 2.33 bits per heavy atom. The fraction of sp³-hybridized carbons (Fsp3) is 0.150. The Balaban J connectivity index is 1.78. The van der Waals surface area contributed by atoms with E-state index >= 15 is 0 Å². The van der Waals surface area contributed by atoms with Gasteiger partial charge in [-0.05, 0) is 55.8 Å². The monoisotopic (exact) mass is 382 g/mol. The lowest BCUT2D eigenvalue weighted by molar-refractivity contribution is 0.0601. The van der Waals surface area contributed by atoms with E-state index in [0.29, 0.717) is 22.4 Å². The molecule has 2 aromatic carbocycles. The van der Waals surface area contributed by atoms with Gasteiger partial charge in [-0.2, -0.15) is 4.98 Å². The van der Waals surface area contributed by atoms with E-state index in [1.165, 1.54) is 7.11 Å². The maximum atomic E-state index is 11.5. The van der Waals surface area contributed by atoms with Crippen molar-refractivity contribution in [1.29, 1.82) is 0 Å². The third-order valence-electron chi connectivity index (χ3n) is 3.86. The molecule has 2 N–H and O–H groups in total. The molecule has 3 aromatic rings. The molecule has 138 valence electrons. The number of rotatable bonds is 5. The van der Waals surface area contributed by atoms with E-state index in [0.717, 1.165) is 22.6 Å². The molecule has 0 saturated carbocycles. The highest BCUT2D eigenvalue weighted by Crippen LogP contribution is 2.23. The highest BCUT2D eigenvalue weighted by atomic mass is 35.5. The zero-order valence-corrected chi connectivity index (χ0v) is 16.0. The zero-order valence-electron chi connectivity index (χ0n) is 15.2. The van der Waals surface area contributed by atoms with E-state index in [-0.39, 0.29) is 5.97 Å². The summed E-state index contributed by atoms with van der Waals surface area (Å²) in [6.45, 7) is 3.84. The van der Waals surface area contributed by atoms with Crippen molar-refractivity contribution in [2.45, 2.75) is 13.8 Å². The van der Waals surface area contributed by atoms with Crippen LogP contribution < -0.4 is 10.6 Å². The number of benzene rings is 2. The molecule has 0 spiro atoms. The van der Waals surface area contributed by atoms with Crippen molar-refractivity contribution in [2.75, 3.05) is 17.7 Å². The third kappa shape index (κ3) is 4.74. The average molecular weight is 383 g/mol. The molecule has 0 radical (unpaired) electrons. The van der Waals surface area contributed by atoms with E-state index in [4.69, 9.17) is 16.3 Å². The summed E-state index contributed by atoms with van der Waals surface area (Å²) >= 11 is 6.17. The van der Waals surface area contributed by atoms with Crippen LogP contribution in [-0.4, -0.2) is 23.0 Å². The number of hydrogen-bond donors (Lipinski definition) is 2. The molecule has 0 bridgehead atoms. The molecule has 0 saturated heterocycles. The topological polar surface area (TPSA) is 76.1 Å². The first-order valence-electron chi connectivity index (χ1n) is 8.29. The summed E-state index contributed by atoms with van der Waals surface area (Å²) in [5, 5.41) is 7.05. The molecule has 0 atom stereocenters. The van der Waals surface area contributed by atoms with Crippen LogP contribution in [0.15, 0.2) is 48.5 Å². The number of halogens is 1. The van der Waals surface area contributed by atoms with Crippen LogP contribution in [0.1, 0.15) is 21.6 Å². The van der Waals surface area contributed by atoms with Crippen molar-refractivity contribution in [2.24, 2.45) is 0 Å². The van der Waals surface area contributed by atoms with Gasteiger partial charge in [0.25, 0.3) is 0 Å². The van der Waals surface area contributed by atoms with Gasteiger partial charge < -0.3 is 15.4 Å². The van der Waals surface area contributed by atoms with Crippen molar-refractivity contribution in [3.8, 4) is 0 Å². The fourth-order valence-corrected chi connectivity index (χ4v) is 2.62. The largest absolute Gasteiger partial charge is 0.465 e. The Kier molecular flexibility index (Phi) is 5.57. The number of carbonyl (C=O) groups excluding carboxylic acids is 1. The summed E-state index contributed by atoms with van der Waals surface area (Å²) in [5.41, 5.74) is 3.90. The maximum absolute atomic E-state index is 11.5. The number of nitrogens with one attached hydrogen (secondary N) is 2. The van der Waals surface area contributed by atoms with Crippen molar-refractivity contribution >= 4 is 40.7 Å². The Morgan fingerprint density at radius 1 is 0.963 bits per heavy atom. The molecule has 1 heterocycles. The van der Waals surface area contributed by atoms with E-state index < -0.39 is 0 Å². The summed E-state index contributed by atoms with van der Waals surface area (Å²) < 4.78 is 4.70. The van der Waals surface area contributed by atoms with E-state index in [9.17, 15) is 4.79 Å². The predicted molar refractivity (Wildman–Crippen MR) is 107 cm³/mol. The maximum Gasteiger partial charge on any atom is 0.337 e. The van der Waals surface area contributed by atoms with E-state index in [1.54, 1.807) is 24.3 Å². The molecule has 7 heteroatoms. The zero-order chi connectivity index (χ0) is 19.4. The van der Waals surface area contributed by atoms with E-state index in [2.05, 4.69) is 20.6 Å². The number of nitrogens with zero attached hydrogens (tertiary/aromatic N) is 2. The molecule has 0 amide bonds. The molecule has 0 aliphatic carbocycles. The summed E-state index contributed by atoms with van der Waals surface area (Å²) in [6.07, 6.45) is 0. The Labute approximate surface area is 162 Å². The van der Waals surface area contributed by atoms with Crippen LogP contribution in [0.5, 0.6) is 0 Å². The number of hydrogen-bond acceptors (Lipinski definition) is 6. The van der Waals surface area contributed by atoms with Crippen LogP contribution in [0.3, 0.4) is 0 Å². The number of aromatic nitrogens is 2. The minimum atomic E-state index is -0.373. The average Bonchev–Trinajstić information content (AvgIpc) is 2.64. The summed E-state index contributed by atoms with van der Waals surface area (Å²) in [5.74, 6) is 0.723. The molecule has 3 rings (SSSR count). The lowest BCUT2D eigenvalue weighted by Gasteiger charge is -2.11. The number of anilines is 4. The van der Waals surface area contributed by atoms with Gasteiger partial charge in [0.2, 0.25) is 5.95 Å². The number of aryl methyl sites for hydroxylation is 2. The molecule has 6 nitrogen and oxygen atoms in total. The normalized spacial score (nSPS) is 10.4. The van der Waals surface area contributed by atoms with Gasteiger partial charge in [-0.3, -0.25) is 0 Å². The highest BCUT2D eigenvalue weighted by Gasteiger charge is 2.07. The molecular formula is C20H19ClN4O2. The quantitative estimate of drug-likeness (QED) is 0.603. The van der Waals surface area contributed by atoms with E-state index in [1.807, 2.05) is 38.1 Å². The van der Waals surface area contributed by atoms with Crippen LogP contribution in [-0.2, 0) is 4.74 Å². The van der Waals surface area contributed by atoms with Gasteiger partial charge in [0.05, 0.1) is 12.7 Å². The summed E-state index contributed by atoms with van der Waals surface area (Å²) in [7, 11) is 1.36. The highest BCUT2D eigenvalue weighted by molar-refractivity contribution is 6.31. The molecule has 0 aliphatic rings. The second-order valence-electron chi connectivity index (χ2n) is 6.00. The lowest BCUT2D eigenvalue weighted by Crippen LogP contribution is -2.03. The standard InChI is InChI=1S/C20H19ClN4O2/c1-12-4-7-16(11-17(12)21)24-20-22-13(2)10-18(25-20)23-15-8-5-14(6-9-15)19(26)27-3/h4-11H,1-3H3,(H2,22,23,24,25). The first-order chi connectivity index (χ1) is 12.9. The minimum absolute atomic E-state index is 0.373. The smallest absolute Gasteiger partial charge is 0.337 e. The molecule has 0 fully saturated rings. The van der Waals surface area contributed by atoms with Crippen LogP contribution in [0.4, 0.5) is 23.1 Å². The molecule has 0 aliphatic heterocycles. The first-order valence-corrected chi connectivity index (χ1v) is 8.66. The van der Waals surface area contributed by atoms with Gasteiger partial charge in [0.1, 0.15) is 5.82 Å². The SMILES string of the molecule is COC(=O)c1ccc(Nc2cc(C)nc(Nc3ccc(C)c(Cl)c3)n2)cc1. The summed E-state index contributed by atoms with van der Waals surface area (Å²) in [4.78, 5) is 20.4. The number of ether oxygens (including phenoxy) is 1. The number of esters is 1. The van der Waals surface area contributed by atoms with Crippen LogP contribution in [0, 0.1) is 13.8 Å². The third-order valence-corrected chi connectivity index (χ3v) is 4.27. The number of methoxy groups -OCH3 is 1. The van der Waals surface area contributed by atoms with Gasteiger partial charge in [0.15, 0.2) is 0 Å². The molecule has 1 aromatic heterocycles. The first kappa shape index (κ1) is 18.7. The molecule has 0 unspecified atom stereocenters. The van der Waals surface area contributed by atoms with Gasteiger partial charge >= 0.3 is 5.97 Å². The van der Waals surface area contributed by atoms with Crippen molar-refractivity contribution in [3.05, 3.63) is 70.4 Å². The van der Waals surface area contributed by atoms with Gasteiger partial charge in [-0.15, -0.1) is 0 Å². The second-order valence-corrected chi connectivity index (χ2v) is 6.41. The molecule has 27 heavy (non-hydrogen) atoms. The molecular weight excluding hydrogens is 364 g/mol. The Hall–Kier alpha value is -3.12. The number of carbonyl (C=O) groups is 1.